The van der Waals surface area contributed by atoms with Crippen molar-refractivity contribution < 1.29 is 26.2 Å². The summed E-state index contributed by atoms with van der Waals surface area (Å²) in [7, 11) is 0. The Kier molecular flexibility index (Phi) is 5.18. The van der Waals surface area contributed by atoms with E-state index in [-0.39, 0.29) is 26.9 Å². The van der Waals surface area contributed by atoms with E-state index in [4.69, 9.17) is 4.74 Å². The van der Waals surface area contributed by atoms with E-state index in [2.05, 4.69) is 50.0 Å². The summed E-state index contributed by atoms with van der Waals surface area (Å²) in [6.45, 7) is 6.31. The van der Waals surface area contributed by atoms with E-state index < -0.39 is 0 Å². The maximum atomic E-state index is 6.19. The summed E-state index contributed by atoms with van der Waals surface area (Å²) >= 11 is 1.34. The van der Waals surface area contributed by atoms with Gasteiger partial charge in [0, 0.05) is 0 Å². The number of anilines is 3. The van der Waals surface area contributed by atoms with Gasteiger partial charge in [-0.05, 0) is 0 Å². The molecule has 0 spiro atoms. The van der Waals surface area contributed by atoms with Crippen LogP contribution in [0.5, 0.6) is 11.6 Å². The molecule has 0 atom stereocenters. The summed E-state index contributed by atoms with van der Waals surface area (Å²) in [6, 6.07) is 10.0. The second-order valence-corrected chi connectivity index (χ2v) is 10.3. The molecule has 3 aromatic rings. The molecule has 0 saturated carbocycles. The minimum absolute atomic E-state index is 0.00702. The Morgan fingerprint density at radius 2 is 2.11 bits per heavy atom. The van der Waals surface area contributed by atoms with E-state index in [1.54, 1.807) is 6.20 Å². The fourth-order valence-corrected chi connectivity index (χ4v) is 5.49. The number of nitrogens with one attached hydrogen (secondary N) is 2. The number of pyridine rings is 1. The second kappa shape index (κ2) is 7.59. The summed E-state index contributed by atoms with van der Waals surface area (Å²) in [6.07, 6.45) is 2.84. The summed E-state index contributed by atoms with van der Waals surface area (Å²) < 4.78 is 15.5. The molecule has 1 aliphatic heterocycles. The van der Waals surface area contributed by atoms with Gasteiger partial charge in [-0.15, -0.1) is 0 Å². The van der Waals surface area contributed by atoms with Crippen LogP contribution in [-0.4, -0.2) is 18.8 Å². The van der Waals surface area contributed by atoms with Crippen molar-refractivity contribution in [3.05, 3.63) is 47.9 Å². The third-order valence-electron chi connectivity index (χ3n) is 4.05. The van der Waals surface area contributed by atoms with Crippen LogP contribution in [-0.2, 0) is 11.8 Å². The van der Waals surface area contributed by atoms with Crippen molar-refractivity contribution in [2.45, 2.75) is 32.6 Å². The molecule has 1 aromatic carbocycles. The molecular weight excluding hydrogens is 473 g/mol. The van der Waals surface area contributed by atoms with Gasteiger partial charge in [-0.3, -0.25) is 0 Å². The van der Waals surface area contributed by atoms with Gasteiger partial charge in [0.1, 0.15) is 0 Å². The van der Waals surface area contributed by atoms with Crippen molar-refractivity contribution in [1.82, 2.24) is 14.3 Å². The monoisotopic (exact) mass is 494 g/mol. The van der Waals surface area contributed by atoms with Crippen LogP contribution in [0.3, 0.4) is 0 Å². The van der Waals surface area contributed by atoms with E-state index >= 15 is 0 Å². The summed E-state index contributed by atoms with van der Waals surface area (Å²) in [4.78, 5) is 9.03. The van der Waals surface area contributed by atoms with Crippen LogP contribution in [0.25, 0.3) is 0 Å². The Morgan fingerprint density at radius 1 is 1.22 bits per heavy atom. The Morgan fingerprint density at radius 3 is 2.93 bits per heavy atom. The van der Waals surface area contributed by atoms with Crippen LogP contribution in [0, 0.1) is 0 Å². The molecule has 2 aromatic heterocycles. The molecule has 0 amide bonds. The molecular formula is C19H21IN5OS-. The summed E-state index contributed by atoms with van der Waals surface area (Å²) in [5.74, 6) is 2.18. The molecule has 1 aliphatic rings. The third kappa shape index (κ3) is 4.16. The minimum atomic E-state index is -0.0808. The van der Waals surface area contributed by atoms with Gasteiger partial charge in [-0.25, -0.2) is 0 Å². The number of para-hydroxylation sites is 1. The standard InChI is InChI=1S/C19H21IN5OS/c1-19(2,3)17-23-18(27-25-17)22-13-7-5-11-21-16(13)26-14-8-4-6-12-9-10-20-24-15(12)14/h4-8,11,24H,9-10H2,1-3H3,(H,22,23,25)/q-1. The van der Waals surface area contributed by atoms with Crippen molar-refractivity contribution in [2.75, 3.05) is 13.3 Å². The Bertz CT molecular complexity index is 953. The molecule has 0 aliphatic carbocycles. The quantitative estimate of drug-likeness (QED) is 0.327. The van der Waals surface area contributed by atoms with Crippen LogP contribution in [0.2, 0.25) is 0 Å². The second-order valence-electron chi connectivity index (χ2n) is 7.21. The number of fused-ring (bicyclic) bond motifs is 1. The van der Waals surface area contributed by atoms with Gasteiger partial charge in [0.15, 0.2) is 0 Å². The zero-order valence-corrected chi connectivity index (χ0v) is 18.4. The number of aryl methyl sites for hydroxylation is 1. The normalized spacial score (nSPS) is 13.9. The zero-order chi connectivity index (χ0) is 18.9. The molecule has 4 rings (SSSR count). The zero-order valence-electron chi connectivity index (χ0n) is 15.4. The van der Waals surface area contributed by atoms with Crippen LogP contribution in [0.1, 0.15) is 32.2 Å². The Labute approximate surface area is 173 Å². The number of ether oxygens (including phenoxy) is 1. The van der Waals surface area contributed by atoms with E-state index in [0.717, 1.165) is 34.5 Å². The average Bonchev–Trinajstić information content (AvgIpc) is 3.13. The van der Waals surface area contributed by atoms with Crippen LogP contribution >= 0.6 is 11.5 Å². The van der Waals surface area contributed by atoms with Gasteiger partial charge in [0.05, 0.1) is 0 Å². The SMILES string of the molecule is CC(C)(C)c1nsc(Nc2cccnc2Oc2cccc3c2N[I-]CC3)n1. The first-order chi connectivity index (χ1) is 13.0. The Hall–Kier alpha value is -1.94. The molecule has 27 heavy (non-hydrogen) atoms. The van der Waals surface area contributed by atoms with Gasteiger partial charge in [0.25, 0.3) is 0 Å². The van der Waals surface area contributed by atoms with Gasteiger partial charge >= 0.3 is 174 Å². The van der Waals surface area contributed by atoms with E-state index in [1.807, 2.05) is 24.3 Å². The maximum absolute atomic E-state index is 6.19. The number of alkyl halides is 1. The van der Waals surface area contributed by atoms with Crippen molar-refractivity contribution in [3.8, 4) is 11.6 Å². The fraction of sp³-hybridized carbons (Fsp3) is 0.316. The molecule has 8 heteroatoms. The van der Waals surface area contributed by atoms with Crippen molar-refractivity contribution >= 4 is 28.0 Å². The van der Waals surface area contributed by atoms with Crippen LogP contribution in [0.15, 0.2) is 36.5 Å². The number of aromatic nitrogens is 3. The number of benzene rings is 1. The molecule has 0 bridgehead atoms. The average molecular weight is 494 g/mol. The van der Waals surface area contributed by atoms with E-state index in [0.29, 0.717) is 5.88 Å². The number of nitrogens with zero attached hydrogens (tertiary/aromatic N) is 3. The van der Waals surface area contributed by atoms with E-state index in [9.17, 15) is 0 Å². The Balaban J connectivity index is 1.60. The van der Waals surface area contributed by atoms with Crippen molar-refractivity contribution in [2.24, 2.45) is 0 Å². The first kappa shape index (κ1) is 18.4. The molecule has 142 valence electrons. The summed E-state index contributed by atoms with van der Waals surface area (Å²) in [5, 5.41) is 4.04. The van der Waals surface area contributed by atoms with Gasteiger partial charge in [0.2, 0.25) is 0 Å². The first-order valence-electron chi connectivity index (χ1n) is 8.71. The van der Waals surface area contributed by atoms with Gasteiger partial charge < -0.3 is 0 Å². The summed E-state index contributed by atoms with van der Waals surface area (Å²) in [5.41, 5.74) is 3.11. The van der Waals surface area contributed by atoms with Crippen molar-refractivity contribution in [3.63, 3.8) is 0 Å². The number of halogens is 1. The molecule has 0 unspecified atom stereocenters. The molecule has 6 nitrogen and oxygen atoms in total. The van der Waals surface area contributed by atoms with Gasteiger partial charge in [-0.2, -0.15) is 0 Å². The molecule has 0 fully saturated rings. The predicted molar refractivity (Wildman–Crippen MR) is 105 cm³/mol. The van der Waals surface area contributed by atoms with Gasteiger partial charge in [-0.1, -0.05) is 0 Å². The molecule has 0 saturated heterocycles. The predicted octanol–water partition coefficient (Wildman–Crippen LogP) is 1.74. The molecule has 0 radical (unpaired) electrons. The molecule has 3 heterocycles. The van der Waals surface area contributed by atoms with E-state index in [1.165, 1.54) is 21.5 Å². The number of hydrogen-bond donors (Lipinski definition) is 2. The first-order valence-corrected chi connectivity index (χ1v) is 12.1. The van der Waals surface area contributed by atoms with Crippen LogP contribution in [0.4, 0.5) is 16.5 Å². The fourth-order valence-electron chi connectivity index (χ4n) is 2.61. The molecule has 2 N–H and O–H groups in total. The topological polar surface area (TPSA) is 72.0 Å². The third-order valence-corrected chi connectivity index (χ3v) is 6.68. The number of hydrogen-bond acceptors (Lipinski definition) is 7. The van der Waals surface area contributed by atoms with Crippen LogP contribution < -0.4 is 35.1 Å². The number of rotatable bonds is 4. The van der Waals surface area contributed by atoms with Crippen molar-refractivity contribution in [1.29, 1.82) is 0 Å².